The summed E-state index contributed by atoms with van der Waals surface area (Å²) in [4.78, 5) is 1.59. The molecule has 3 nitrogen and oxygen atoms in total. The van der Waals surface area contributed by atoms with Gasteiger partial charge in [-0.15, -0.1) is 6.42 Å². The number of likely N-dealkylation sites (tertiary alicyclic amines) is 1. The van der Waals surface area contributed by atoms with E-state index in [1.807, 2.05) is 37.3 Å². The van der Waals surface area contributed by atoms with Gasteiger partial charge in [0.05, 0.1) is 13.1 Å². The quantitative estimate of drug-likeness (QED) is 0.702. The van der Waals surface area contributed by atoms with E-state index in [9.17, 15) is 0 Å². The molecule has 0 aliphatic carbocycles. The van der Waals surface area contributed by atoms with E-state index < -0.39 is 5.60 Å². The van der Waals surface area contributed by atoms with Crippen molar-refractivity contribution in [3.8, 4) is 12.3 Å². The van der Waals surface area contributed by atoms with Crippen molar-refractivity contribution in [2.45, 2.75) is 45.3 Å². The number of benzene rings is 1. The molecular weight excluding hydrogens is 298 g/mol. The van der Waals surface area contributed by atoms with Crippen molar-refractivity contribution in [1.82, 2.24) is 0 Å². The van der Waals surface area contributed by atoms with E-state index in [-0.39, 0.29) is 0 Å². The first-order valence-electron chi connectivity index (χ1n) is 9.14. The first kappa shape index (κ1) is 19.0. The molecule has 132 valence electrons. The molecule has 1 aliphatic rings. The topological polar surface area (TPSA) is 22.9 Å². The minimum absolute atomic E-state index is 0.350. The highest BCUT2D eigenvalue weighted by Gasteiger charge is 2.31. The molecule has 2 rings (SSSR count). The smallest absolute Gasteiger partial charge is 0.151 e. The standard InChI is InChI=1S/C21H31NO2/c1-5-21(4,19-11-7-6-8-12-19)24-17-20(16-23-15-18(2)3)22-13-9-10-14-22/h1,6-8,11-12,18,20H,9-10,13-17H2,2-4H3/p+1/t20-,21-/m0/s1. The third kappa shape index (κ3) is 5.34. The number of rotatable bonds is 9. The molecule has 1 aromatic carbocycles. The minimum atomic E-state index is -0.684. The second-order valence-corrected chi connectivity index (χ2v) is 7.35. The number of hydrogen-bond acceptors (Lipinski definition) is 2. The molecule has 0 spiro atoms. The van der Waals surface area contributed by atoms with Gasteiger partial charge in [0.1, 0.15) is 19.3 Å². The molecule has 1 N–H and O–H groups in total. The van der Waals surface area contributed by atoms with Crippen LogP contribution in [0, 0.1) is 18.3 Å². The lowest BCUT2D eigenvalue weighted by Crippen LogP contribution is -3.15. The Kier molecular flexibility index (Phi) is 7.30. The molecule has 3 heteroatoms. The van der Waals surface area contributed by atoms with Crippen LogP contribution in [0.15, 0.2) is 30.3 Å². The minimum Gasteiger partial charge on any atom is -0.375 e. The highest BCUT2D eigenvalue weighted by Crippen LogP contribution is 2.24. The van der Waals surface area contributed by atoms with E-state index in [4.69, 9.17) is 15.9 Å². The molecule has 1 fully saturated rings. The Morgan fingerprint density at radius 2 is 1.79 bits per heavy atom. The Balaban J connectivity index is 1.98. The van der Waals surface area contributed by atoms with Gasteiger partial charge in [-0.2, -0.15) is 0 Å². The van der Waals surface area contributed by atoms with Gasteiger partial charge in [-0.3, -0.25) is 0 Å². The van der Waals surface area contributed by atoms with E-state index in [1.54, 1.807) is 4.90 Å². The molecule has 0 unspecified atom stereocenters. The number of quaternary nitrogens is 1. The SMILES string of the molecule is C#C[C@](C)(OC[C@H](COCC(C)C)[NH+]1CCCC1)c1ccccc1. The van der Waals surface area contributed by atoms with Crippen LogP contribution in [0.4, 0.5) is 0 Å². The van der Waals surface area contributed by atoms with E-state index in [0.29, 0.717) is 18.6 Å². The van der Waals surface area contributed by atoms with Crippen molar-refractivity contribution >= 4 is 0 Å². The number of hydrogen-bond donors (Lipinski definition) is 1. The molecule has 0 radical (unpaired) electrons. The van der Waals surface area contributed by atoms with Gasteiger partial charge in [0, 0.05) is 19.4 Å². The van der Waals surface area contributed by atoms with E-state index in [0.717, 1.165) is 18.8 Å². The molecule has 1 aliphatic heterocycles. The molecule has 0 bridgehead atoms. The zero-order valence-electron chi connectivity index (χ0n) is 15.4. The number of terminal acetylenes is 1. The van der Waals surface area contributed by atoms with E-state index in [1.165, 1.54) is 25.9 Å². The lowest BCUT2D eigenvalue weighted by atomic mass is 9.97. The van der Waals surface area contributed by atoms with Gasteiger partial charge >= 0.3 is 0 Å². The van der Waals surface area contributed by atoms with Crippen molar-refractivity contribution in [2.24, 2.45) is 5.92 Å². The fourth-order valence-corrected chi connectivity index (χ4v) is 3.20. The lowest BCUT2D eigenvalue weighted by Gasteiger charge is -2.30. The normalized spacial score (nSPS) is 19.1. The Hall–Kier alpha value is -1.34. The average Bonchev–Trinajstić information content (AvgIpc) is 3.12. The summed E-state index contributed by atoms with van der Waals surface area (Å²) in [5.74, 6) is 3.40. The molecule has 0 aromatic heterocycles. The lowest BCUT2D eigenvalue weighted by molar-refractivity contribution is -0.914. The van der Waals surface area contributed by atoms with Gasteiger partial charge in [-0.05, 0) is 18.4 Å². The number of nitrogens with one attached hydrogen (secondary N) is 1. The molecule has 1 heterocycles. The van der Waals surface area contributed by atoms with E-state index >= 15 is 0 Å². The first-order valence-corrected chi connectivity index (χ1v) is 9.14. The highest BCUT2D eigenvalue weighted by atomic mass is 16.5. The predicted molar refractivity (Wildman–Crippen MR) is 98.0 cm³/mol. The van der Waals surface area contributed by atoms with Crippen LogP contribution < -0.4 is 4.90 Å². The summed E-state index contributed by atoms with van der Waals surface area (Å²) in [5, 5.41) is 0. The van der Waals surface area contributed by atoms with Crippen LogP contribution in [0.25, 0.3) is 0 Å². The van der Waals surface area contributed by atoms with Crippen LogP contribution in [0.1, 0.15) is 39.2 Å². The summed E-state index contributed by atoms with van der Waals surface area (Å²) in [6.45, 7) is 10.9. The maximum absolute atomic E-state index is 6.26. The van der Waals surface area contributed by atoms with Crippen LogP contribution in [-0.2, 0) is 15.1 Å². The second kappa shape index (κ2) is 9.22. The van der Waals surface area contributed by atoms with Crippen molar-refractivity contribution < 1.29 is 14.4 Å². The van der Waals surface area contributed by atoms with Crippen LogP contribution in [0.3, 0.4) is 0 Å². The summed E-state index contributed by atoms with van der Waals surface area (Å²) >= 11 is 0. The molecule has 0 saturated carbocycles. The van der Waals surface area contributed by atoms with Crippen LogP contribution in [0.2, 0.25) is 0 Å². The summed E-state index contributed by atoms with van der Waals surface area (Å²) < 4.78 is 12.2. The highest BCUT2D eigenvalue weighted by molar-refractivity contribution is 5.29. The van der Waals surface area contributed by atoms with Crippen LogP contribution in [0.5, 0.6) is 0 Å². The zero-order valence-corrected chi connectivity index (χ0v) is 15.4. The second-order valence-electron chi connectivity index (χ2n) is 7.35. The Morgan fingerprint density at radius 3 is 2.38 bits per heavy atom. The summed E-state index contributed by atoms with van der Waals surface area (Å²) in [7, 11) is 0. The van der Waals surface area contributed by atoms with Gasteiger partial charge in [0.25, 0.3) is 0 Å². The average molecular weight is 330 g/mol. The van der Waals surface area contributed by atoms with E-state index in [2.05, 4.69) is 19.8 Å². The third-order valence-corrected chi connectivity index (χ3v) is 4.77. The van der Waals surface area contributed by atoms with Gasteiger partial charge in [-0.25, -0.2) is 0 Å². The van der Waals surface area contributed by atoms with Crippen molar-refractivity contribution in [3.05, 3.63) is 35.9 Å². The molecule has 1 aromatic rings. The summed E-state index contributed by atoms with van der Waals surface area (Å²) in [5.41, 5.74) is 0.349. The monoisotopic (exact) mass is 330 g/mol. The van der Waals surface area contributed by atoms with Crippen LogP contribution in [-0.4, -0.2) is 39.0 Å². The maximum Gasteiger partial charge on any atom is 0.151 e. The zero-order chi connectivity index (χ0) is 17.4. The molecule has 24 heavy (non-hydrogen) atoms. The Morgan fingerprint density at radius 1 is 1.12 bits per heavy atom. The number of ether oxygens (including phenoxy) is 2. The Labute approximate surface area is 147 Å². The fourth-order valence-electron chi connectivity index (χ4n) is 3.20. The largest absolute Gasteiger partial charge is 0.375 e. The molecule has 1 saturated heterocycles. The molecule has 2 atom stereocenters. The van der Waals surface area contributed by atoms with Gasteiger partial charge in [-0.1, -0.05) is 50.1 Å². The van der Waals surface area contributed by atoms with Gasteiger partial charge in [0.2, 0.25) is 0 Å². The maximum atomic E-state index is 6.26. The third-order valence-electron chi connectivity index (χ3n) is 4.77. The molecule has 0 amide bonds. The van der Waals surface area contributed by atoms with Crippen molar-refractivity contribution in [2.75, 3.05) is 32.9 Å². The van der Waals surface area contributed by atoms with Gasteiger partial charge in [0.15, 0.2) is 5.60 Å². The first-order chi connectivity index (χ1) is 11.5. The summed E-state index contributed by atoms with van der Waals surface area (Å²) in [6, 6.07) is 10.4. The Bertz CT molecular complexity index is 516. The van der Waals surface area contributed by atoms with Gasteiger partial charge < -0.3 is 14.4 Å². The predicted octanol–water partition coefficient (Wildman–Crippen LogP) is 2.27. The van der Waals surface area contributed by atoms with Crippen molar-refractivity contribution in [1.29, 1.82) is 0 Å². The molecular formula is C21H32NO2+. The van der Waals surface area contributed by atoms with Crippen LogP contribution >= 0.6 is 0 Å². The summed E-state index contributed by atoms with van der Waals surface area (Å²) in [6.07, 6.45) is 8.39. The fraction of sp³-hybridized carbons (Fsp3) is 0.619. The van der Waals surface area contributed by atoms with Crippen molar-refractivity contribution in [3.63, 3.8) is 0 Å².